The van der Waals surface area contributed by atoms with Crippen LogP contribution >= 0.6 is 0 Å². The largest absolute Gasteiger partial charge is 0.497 e. The molecule has 0 heterocycles. The molecule has 0 saturated carbocycles. The highest BCUT2D eigenvalue weighted by Crippen LogP contribution is 2.26. The molecule has 7 nitrogen and oxygen atoms in total. The van der Waals surface area contributed by atoms with E-state index in [0.717, 1.165) is 0 Å². The Labute approximate surface area is 152 Å². The van der Waals surface area contributed by atoms with Gasteiger partial charge in [-0.1, -0.05) is 0 Å². The third-order valence-electron chi connectivity index (χ3n) is 3.60. The van der Waals surface area contributed by atoms with E-state index in [1.165, 1.54) is 6.92 Å². The zero-order chi connectivity index (χ0) is 19.1. The number of rotatable bonds is 7. The molecular weight excluding hydrogens is 334 g/mol. The summed E-state index contributed by atoms with van der Waals surface area (Å²) in [6.07, 6.45) is 0. The minimum Gasteiger partial charge on any atom is -0.497 e. The van der Waals surface area contributed by atoms with E-state index in [1.54, 1.807) is 63.6 Å². The van der Waals surface area contributed by atoms with Gasteiger partial charge in [0.1, 0.15) is 17.5 Å². The fraction of sp³-hybridized carbons (Fsp3) is 0.263. The predicted octanol–water partition coefficient (Wildman–Crippen LogP) is 3.10. The third kappa shape index (κ3) is 5.41. The molecule has 2 aromatic carbocycles. The van der Waals surface area contributed by atoms with Gasteiger partial charge in [0, 0.05) is 42.2 Å². The van der Waals surface area contributed by atoms with E-state index in [9.17, 15) is 9.59 Å². The van der Waals surface area contributed by atoms with Crippen molar-refractivity contribution in [1.29, 1.82) is 0 Å². The lowest BCUT2D eigenvalue weighted by atomic mass is 10.2. The van der Waals surface area contributed by atoms with Crippen LogP contribution in [0.1, 0.15) is 13.8 Å². The number of amides is 2. The van der Waals surface area contributed by atoms with Crippen LogP contribution in [0.5, 0.6) is 11.5 Å². The van der Waals surface area contributed by atoms with Gasteiger partial charge >= 0.3 is 0 Å². The molecule has 7 heteroatoms. The molecule has 0 aliphatic carbocycles. The smallest absolute Gasteiger partial charge is 0.246 e. The van der Waals surface area contributed by atoms with Crippen LogP contribution in [0.25, 0.3) is 0 Å². The molecule has 3 N–H and O–H groups in total. The number of carbonyl (C=O) groups excluding carboxylic acids is 2. The number of hydrogen-bond donors (Lipinski definition) is 3. The van der Waals surface area contributed by atoms with Crippen LogP contribution in [0, 0.1) is 0 Å². The molecule has 2 aromatic rings. The summed E-state index contributed by atoms with van der Waals surface area (Å²) in [4.78, 5) is 23.4. The molecular formula is C19H23N3O4. The van der Waals surface area contributed by atoms with Crippen LogP contribution in [0.15, 0.2) is 42.5 Å². The SMILES string of the molecule is COc1cc(N[C@H](C)C(=O)Nc2ccc(NC(C)=O)cc2)cc(OC)c1. The lowest BCUT2D eigenvalue weighted by Crippen LogP contribution is -2.31. The first-order valence-electron chi connectivity index (χ1n) is 8.09. The minimum atomic E-state index is -0.484. The second kappa shape index (κ2) is 8.75. The summed E-state index contributed by atoms with van der Waals surface area (Å²) >= 11 is 0. The van der Waals surface area contributed by atoms with Gasteiger partial charge in [0.2, 0.25) is 11.8 Å². The maximum atomic E-state index is 12.4. The van der Waals surface area contributed by atoms with Crippen LogP contribution in [-0.2, 0) is 9.59 Å². The van der Waals surface area contributed by atoms with Crippen molar-refractivity contribution in [2.45, 2.75) is 19.9 Å². The summed E-state index contributed by atoms with van der Waals surface area (Å²) < 4.78 is 10.4. The Kier molecular flexibility index (Phi) is 6.43. The molecule has 26 heavy (non-hydrogen) atoms. The van der Waals surface area contributed by atoms with Crippen molar-refractivity contribution in [3.63, 3.8) is 0 Å². The number of methoxy groups -OCH3 is 2. The Morgan fingerprint density at radius 2 is 1.35 bits per heavy atom. The number of nitrogens with one attached hydrogen (secondary N) is 3. The van der Waals surface area contributed by atoms with Crippen LogP contribution < -0.4 is 25.4 Å². The van der Waals surface area contributed by atoms with Gasteiger partial charge in [-0.25, -0.2) is 0 Å². The number of carbonyl (C=O) groups is 2. The predicted molar refractivity (Wildman–Crippen MR) is 102 cm³/mol. The first-order chi connectivity index (χ1) is 12.4. The highest BCUT2D eigenvalue weighted by atomic mass is 16.5. The second-order valence-electron chi connectivity index (χ2n) is 5.72. The second-order valence-corrected chi connectivity index (χ2v) is 5.72. The van der Waals surface area contributed by atoms with E-state index in [4.69, 9.17) is 9.47 Å². The van der Waals surface area contributed by atoms with Crippen LogP contribution in [0.2, 0.25) is 0 Å². The van der Waals surface area contributed by atoms with Crippen LogP contribution in [-0.4, -0.2) is 32.1 Å². The third-order valence-corrected chi connectivity index (χ3v) is 3.60. The Hall–Kier alpha value is -3.22. The molecule has 2 rings (SSSR count). The van der Waals surface area contributed by atoms with E-state index >= 15 is 0 Å². The van der Waals surface area contributed by atoms with Gasteiger partial charge in [-0.05, 0) is 31.2 Å². The molecule has 0 aliphatic rings. The van der Waals surface area contributed by atoms with Gasteiger partial charge in [0.25, 0.3) is 0 Å². The summed E-state index contributed by atoms with van der Waals surface area (Å²) in [5.74, 6) is 0.924. The highest BCUT2D eigenvalue weighted by Gasteiger charge is 2.14. The topological polar surface area (TPSA) is 88.7 Å². The highest BCUT2D eigenvalue weighted by molar-refractivity contribution is 5.96. The monoisotopic (exact) mass is 357 g/mol. The number of benzene rings is 2. The maximum absolute atomic E-state index is 12.4. The van der Waals surface area contributed by atoms with Gasteiger partial charge < -0.3 is 25.4 Å². The number of ether oxygens (including phenoxy) is 2. The Balaban J connectivity index is 2.00. The van der Waals surface area contributed by atoms with Gasteiger partial charge in [-0.3, -0.25) is 9.59 Å². The Morgan fingerprint density at radius 1 is 0.846 bits per heavy atom. The Bertz CT molecular complexity index is 753. The van der Waals surface area contributed by atoms with Gasteiger partial charge in [0.05, 0.1) is 14.2 Å². The summed E-state index contributed by atoms with van der Waals surface area (Å²) in [5, 5.41) is 8.62. The molecule has 1 atom stereocenters. The summed E-state index contributed by atoms with van der Waals surface area (Å²) in [5.41, 5.74) is 2.02. The summed E-state index contributed by atoms with van der Waals surface area (Å²) in [6, 6.07) is 11.7. The molecule has 138 valence electrons. The van der Waals surface area contributed by atoms with Gasteiger partial charge in [-0.2, -0.15) is 0 Å². The fourth-order valence-corrected chi connectivity index (χ4v) is 2.30. The van der Waals surface area contributed by atoms with Gasteiger partial charge in [-0.15, -0.1) is 0 Å². The molecule has 0 unspecified atom stereocenters. The molecule has 0 aromatic heterocycles. The van der Waals surface area contributed by atoms with E-state index in [2.05, 4.69) is 16.0 Å². The quantitative estimate of drug-likeness (QED) is 0.709. The molecule has 0 spiro atoms. The van der Waals surface area contributed by atoms with Crippen LogP contribution in [0.3, 0.4) is 0 Å². The fourth-order valence-electron chi connectivity index (χ4n) is 2.30. The van der Waals surface area contributed by atoms with Crippen molar-refractivity contribution in [1.82, 2.24) is 0 Å². The van der Waals surface area contributed by atoms with E-state index < -0.39 is 6.04 Å². The lowest BCUT2D eigenvalue weighted by molar-refractivity contribution is -0.116. The molecule has 2 amide bonds. The molecule has 0 radical (unpaired) electrons. The minimum absolute atomic E-state index is 0.145. The van der Waals surface area contributed by atoms with E-state index in [1.807, 2.05) is 0 Å². The first-order valence-corrected chi connectivity index (χ1v) is 8.09. The van der Waals surface area contributed by atoms with Crippen LogP contribution in [0.4, 0.5) is 17.1 Å². The Morgan fingerprint density at radius 3 is 1.81 bits per heavy atom. The number of anilines is 3. The van der Waals surface area contributed by atoms with Crippen molar-refractivity contribution >= 4 is 28.9 Å². The molecule has 0 fully saturated rings. The number of hydrogen-bond acceptors (Lipinski definition) is 5. The van der Waals surface area contributed by atoms with Crippen molar-refractivity contribution in [2.24, 2.45) is 0 Å². The van der Waals surface area contributed by atoms with Crippen molar-refractivity contribution < 1.29 is 19.1 Å². The average molecular weight is 357 g/mol. The summed E-state index contributed by atoms with van der Waals surface area (Å²) in [6.45, 7) is 3.20. The van der Waals surface area contributed by atoms with Crippen molar-refractivity contribution in [3.8, 4) is 11.5 Å². The van der Waals surface area contributed by atoms with Gasteiger partial charge in [0.15, 0.2) is 0 Å². The first kappa shape index (κ1) is 19.1. The standard InChI is InChI=1S/C19H23N3O4/c1-12(20-16-9-17(25-3)11-18(10-16)26-4)19(24)22-15-7-5-14(6-8-15)21-13(2)23/h5-12,20H,1-4H3,(H,21,23)(H,22,24)/t12-/m1/s1. The zero-order valence-electron chi connectivity index (χ0n) is 15.3. The summed E-state index contributed by atoms with van der Waals surface area (Å²) in [7, 11) is 3.14. The molecule has 0 saturated heterocycles. The average Bonchev–Trinajstić information content (AvgIpc) is 2.62. The molecule has 0 aliphatic heterocycles. The van der Waals surface area contributed by atoms with Crippen molar-refractivity contribution in [2.75, 3.05) is 30.2 Å². The maximum Gasteiger partial charge on any atom is 0.246 e. The van der Waals surface area contributed by atoms with E-state index in [-0.39, 0.29) is 11.8 Å². The van der Waals surface area contributed by atoms with E-state index in [0.29, 0.717) is 28.6 Å². The normalized spacial score (nSPS) is 11.2. The zero-order valence-corrected chi connectivity index (χ0v) is 15.3. The molecule has 0 bridgehead atoms. The van der Waals surface area contributed by atoms with Crippen molar-refractivity contribution in [3.05, 3.63) is 42.5 Å². The lowest BCUT2D eigenvalue weighted by Gasteiger charge is -2.17.